The third kappa shape index (κ3) is 1.62. The van der Waals surface area contributed by atoms with Crippen molar-refractivity contribution in [3.63, 3.8) is 0 Å². The Bertz CT molecular complexity index is 593. The van der Waals surface area contributed by atoms with Crippen molar-refractivity contribution in [2.24, 2.45) is 0 Å². The van der Waals surface area contributed by atoms with E-state index in [1.165, 1.54) is 0 Å². The number of hydrogen-bond acceptors (Lipinski definition) is 6. The molecule has 88 valence electrons. The highest BCUT2D eigenvalue weighted by Crippen LogP contribution is 2.19. The van der Waals surface area contributed by atoms with Crippen molar-refractivity contribution in [1.82, 2.24) is 19.5 Å². The fourth-order valence-corrected chi connectivity index (χ4v) is 1.40. The maximum Gasteiger partial charge on any atom is 0.338 e. The van der Waals surface area contributed by atoms with Gasteiger partial charge < -0.3 is 15.9 Å². The summed E-state index contributed by atoms with van der Waals surface area (Å²) in [5.41, 5.74) is 5.73. The zero-order valence-electron chi connectivity index (χ0n) is 8.31. The summed E-state index contributed by atoms with van der Waals surface area (Å²) in [6.07, 6.45) is 2.17. The Kier molecular flexibility index (Phi) is 2.35. The molecule has 0 saturated heterocycles. The molecule has 0 spiro atoms. The number of imidazole rings is 1. The van der Waals surface area contributed by atoms with Gasteiger partial charge in [-0.25, -0.2) is 24.5 Å². The van der Waals surface area contributed by atoms with E-state index in [0.29, 0.717) is 0 Å². The van der Waals surface area contributed by atoms with E-state index in [1.54, 1.807) is 0 Å². The van der Waals surface area contributed by atoms with Gasteiger partial charge in [0.2, 0.25) is 6.04 Å². The fourth-order valence-electron chi connectivity index (χ4n) is 1.40. The van der Waals surface area contributed by atoms with Crippen LogP contribution in [0.5, 0.6) is 0 Å². The van der Waals surface area contributed by atoms with Crippen molar-refractivity contribution in [3.8, 4) is 0 Å². The molecule has 4 N–H and O–H groups in total. The van der Waals surface area contributed by atoms with Gasteiger partial charge in [0, 0.05) is 0 Å². The van der Waals surface area contributed by atoms with Crippen LogP contribution in [-0.4, -0.2) is 41.7 Å². The molecule has 0 amide bonds. The molecule has 0 aromatic carbocycles. The molecule has 0 radical (unpaired) electrons. The monoisotopic (exact) mass is 237 g/mol. The summed E-state index contributed by atoms with van der Waals surface area (Å²) in [5.74, 6) is -2.98. The molecule has 0 aliphatic heterocycles. The van der Waals surface area contributed by atoms with E-state index in [4.69, 9.17) is 15.9 Å². The SMILES string of the molecule is Nc1ncnc2c1ncn2C(C(=O)O)C(=O)O. The number of carbonyl (C=O) groups is 2. The Morgan fingerprint density at radius 3 is 2.47 bits per heavy atom. The lowest BCUT2D eigenvalue weighted by atomic mass is 10.3. The number of carboxylic acids is 2. The summed E-state index contributed by atoms with van der Waals surface area (Å²) in [6.45, 7) is 0. The van der Waals surface area contributed by atoms with Gasteiger partial charge in [0.15, 0.2) is 11.5 Å². The second kappa shape index (κ2) is 3.70. The number of nitrogen functional groups attached to an aromatic ring is 1. The molecule has 0 saturated carbocycles. The van der Waals surface area contributed by atoms with E-state index in [-0.39, 0.29) is 17.0 Å². The van der Waals surface area contributed by atoms with Crippen LogP contribution >= 0.6 is 0 Å². The van der Waals surface area contributed by atoms with Crippen LogP contribution in [0.1, 0.15) is 6.04 Å². The summed E-state index contributed by atoms with van der Waals surface area (Å²) < 4.78 is 0.915. The van der Waals surface area contributed by atoms with E-state index in [0.717, 1.165) is 17.2 Å². The van der Waals surface area contributed by atoms with E-state index >= 15 is 0 Å². The summed E-state index contributed by atoms with van der Waals surface area (Å²) in [6, 6.07) is -1.80. The predicted octanol–water partition coefficient (Wildman–Crippen LogP) is -0.881. The molecule has 2 aromatic rings. The molecule has 0 aliphatic rings. The largest absolute Gasteiger partial charge is 0.479 e. The van der Waals surface area contributed by atoms with Crippen LogP contribution < -0.4 is 5.73 Å². The number of carboxylic acid groups (broad SMARTS) is 2. The Hall–Kier alpha value is -2.71. The number of hydrogen-bond donors (Lipinski definition) is 3. The molecular weight excluding hydrogens is 230 g/mol. The summed E-state index contributed by atoms with van der Waals surface area (Å²) in [5, 5.41) is 17.7. The highest BCUT2D eigenvalue weighted by atomic mass is 16.4. The fraction of sp³-hybridized carbons (Fsp3) is 0.125. The van der Waals surface area contributed by atoms with Gasteiger partial charge in [-0.1, -0.05) is 0 Å². The first-order chi connectivity index (χ1) is 8.02. The molecule has 9 nitrogen and oxygen atoms in total. The van der Waals surface area contributed by atoms with Gasteiger partial charge in [-0.05, 0) is 0 Å². The van der Waals surface area contributed by atoms with Crippen LogP contribution in [0.2, 0.25) is 0 Å². The van der Waals surface area contributed by atoms with Gasteiger partial charge in [-0.3, -0.25) is 4.57 Å². The summed E-state index contributed by atoms with van der Waals surface area (Å²) in [4.78, 5) is 33.0. The molecule has 0 unspecified atom stereocenters. The standard InChI is InChI=1S/C8H7N5O4/c9-5-3-6(11-1-10-5)13(2-12-3)4(7(14)15)8(16)17/h1-2,4H,(H,14,15)(H,16,17)(H2,9,10,11). The maximum absolute atomic E-state index is 10.9. The molecule has 0 atom stereocenters. The third-order valence-electron chi connectivity index (χ3n) is 2.13. The number of nitrogens with zero attached hydrogens (tertiary/aromatic N) is 4. The molecule has 0 aliphatic carbocycles. The lowest BCUT2D eigenvalue weighted by molar-refractivity contribution is -0.153. The van der Waals surface area contributed by atoms with Crippen molar-refractivity contribution in [2.75, 3.05) is 5.73 Å². The molecular formula is C8H7N5O4. The molecule has 2 aromatic heterocycles. The first-order valence-electron chi connectivity index (χ1n) is 4.41. The van der Waals surface area contributed by atoms with E-state index in [2.05, 4.69) is 15.0 Å². The van der Waals surface area contributed by atoms with Crippen LogP contribution in [0.15, 0.2) is 12.7 Å². The van der Waals surface area contributed by atoms with E-state index < -0.39 is 18.0 Å². The van der Waals surface area contributed by atoms with Gasteiger partial charge in [0.05, 0.1) is 6.33 Å². The smallest absolute Gasteiger partial charge is 0.338 e. The Morgan fingerprint density at radius 1 is 1.24 bits per heavy atom. The highest BCUT2D eigenvalue weighted by molar-refractivity contribution is 5.97. The van der Waals surface area contributed by atoms with Crippen LogP contribution in [0.3, 0.4) is 0 Å². The first-order valence-corrected chi connectivity index (χ1v) is 4.41. The Labute approximate surface area is 93.5 Å². The minimum absolute atomic E-state index is 0.0586. The molecule has 2 heterocycles. The van der Waals surface area contributed by atoms with Gasteiger partial charge in [0.25, 0.3) is 0 Å². The molecule has 17 heavy (non-hydrogen) atoms. The van der Waals surface area contributed by atoms with E-state index in [9.17, 15) is 9.59 Å². The van der Waals surface area contributed by atoms with Gasteiger partial charge in [0.1, 0.15) is 11.8 Å². The number of anilines is 1. The number of fused-ring (bicyclic) bond motifs is 1. The van der Waals surface area contributed by atoms with Crippen molar-refractivity contribution in [3.05, 3.63) is 12.7 Å². The summed E-state index contributed by atoms with van der Waals surface area (Å²) in [7, 11) is 0. The van der Waals surface area contributed by atoms with Gasteiger partial charge >= 0.3 is 11.9 Å². The number of nitrogens with two attached hydrogens (primary N) is 1. The van der Waals surface area contributed by atoms with Crippen molar-refractivity contribution < 1.29 is 19.8 Å². The topological polar surface area (TPSA) is 144 Å². The second-order valence-corrected chi connectivity index (χ2v) is 3.16. The highest BCUT2D eigenvalue weighted by Gasteiger charge is 2.30. The molecule has 9 heteroatoms. The maximum atomic E-state index is 10.9. The van der Waals surface area contributed by atoms with Gasteiger partial charge in [-0.15, -0.1) is 0 Å². The zero-order valence-corrected chi connectivity index (χ0v) is 8.31. The van der Waals surface area contributed by atoms with Crippen molar-refractivity contribution in [1.29, 1.82) is 0 Å². The lowest BCUT2D eigenvalue weighted by Gasteiger charge is -2.08. The minimum Gasteiger partial charge on any atom is -0.479 e. The van der Waals surface area contributed by atoms with Crippen LogP contribution in [-0.2, 0) is 9.59 Å². The Balaban J connectivity index is 2.67. The predicted molar refractivity (Wildman–Crippen MR) is 54.0 cm³/mol. The third-order valence-corrected chi connectivity index (χ3v) is 2.13. The van der Waals surface area contributed by atoms with Crippen molar-refractivity contribution >= 4 is 28.9 Å². The molecule has 0 fully saturated rings. The minimum atomic E-state index is -1.80. The van der Waals surface area contributed by atoms with Crippen molar-refractivity contribution in [2.45, 2.75) is 6.04 Å². The average Bonchev–Trinajstić information content (AvgIpc) is 2.63. The Morgan fingerprint density at radius 2 is 1.88 bits per heavy atom. The zero-order chi connectivity index (χ0) is 12.6. The first kappa shape index (κ1) is 10.8. The summed E-state index contributed by atoms with van der Waals surface area (Å²) >= 11 is 0. The van der Waals surface area contributed by atoms with Crippen LogP contribution in [0.25, 0.3) is 11.2 Å². The van der Waals surface area contributed by atoms with Crippen LogP contribution in [0, 0.1) is 0 Å². The number of rotatable bonds is 3. The second-order valence-electron chi connectivity index (χ2n) is 3.16. The lowest BCUT2D eigenvalue weighted by Crippen LogP contribution is -2.26. The molecule has 2 rings (SSSR count). The quantitative estimate of drug-likeness (QED) is 0.583. The number of aliphatic carboxylic acids is 2. The van der Waals surface area contributed by atoms with Gasteiger partial charge in [-0.2, -0.15) is 0 Å². The molecule has 0 bridgehead atoms. The normalized spacial score (nSPS) is 10.9. The number of aromatic nitrogens is 4. The average molecular weight is 237 g/mol. The van der Waals surface area contributed by atoms with E-state index in [1.807, 2.05) is 0 Å². The van der Waals surface area contributed by atoms with Crippen LogP contribution in [0.4, 0.5) is 5.82 Å².